The maximum atomic E-state index is 13.4. The summed E-state index contributed by atoms with van der Waals surface area (Å²) in [5, 5.41) is 7.70. The zero-order chi connectivity index (χ0) is 19.0. The molecular formula is C21H15F2N3O. The molecule has 0 radical (unpaired) electrons. The molecule has 0 aliphatic carbocycles. The number of aryl methyl sites for hydroxylation is 1. The van der Waals surface area contributed by atoms with E-state index in [1.54, 1.807) is 10.7 Å². The monoisotopic (exact) mass is 363 g/mol. The number of halogens is 2. The maximum absolute atomic E-state index is 13.4. The van der Waals surface area contributed by atoms with Crippen LogP contribution in [0.4, 0.5) is 14.5 Å². The van der Waals surface area contributed by atoms with Crippen LogP contribution in [0.2, 0.25) is 0 Å². The van der Waals surface area contributed by atoms with Gasteiger partial charge < -0.3 is 5.32 Å². The van der Waals surface area contributed by atoms with Crippen LogP contribution < -0.4 is 5.32 Å². The molecule has 1 N–H and O–H groups in total. The van der Waals surface area contributed by atoms with Crippen molar-refractivity contribution in [2.24, 2.45) is 0 Å². The first-order chi connectivity index (χ1) is 13.0. The number of carbonyl (C=O) groups excluding carboxylic acids is 1. The van der Waals surface area contributed by atoms with E-state index in [9.17, 15) is 13.6 Å². The van der Waals surface area contributed by atoms with E-state index in [-0.39, 0.29) is 11.4 Å². The van der Waals surface area contributed by atoms with Crippen molar-refractivity contribution in [3.05, 3.63) is 89.6 Å². The number of rotatable bonds is 3. The van der Waals surface area contributed by atoms with E-state index in [0.29, 0.717) is 5.39 Å². The lowest BCUT2D eigenvalue weighted by Gasteiger charge is -2.04. The van der Waals surface area contributed by atoms with E-state index in [1.807, 2.05) is 49.4 Å². The standard InChI is InChI=1S/C21H15F2N3O/c1-13-6-9-15(10-7-13)26-19-5-3-2-4-16(19)20(25-26)21(27)24-14-8-11-17(22)18(23)12-14/h2-12H,1H3,(H,24,27). The summed E-state index contributed by atoms with van der Waals surface area (Å²) < 4.78 is 28.2. The van der Waals surface area contributed by atoms with Gasteiger partial charge in [-0.1, -0.05) is 35.9 Å². The molecule has 0 spiro atoms. The Morgan fingerprint density at radius 3 is 2.44 bits per heavy atom. The smallest absolute Gasteiger partial charge is 0.276 e. The number of aromatic nitrogens is 2. The number of amides is 1. The molecular weight excluding hydrogens is 348 g/mol. The van der Waals surface area contributed by atoms with Crippen LogP contribution in [0.25, 0.3) is 16.6 Å². The molecule has 4 nitrogen and oxygen atoms in total. The molecule has 0 bridgehead atoms. The molecule has 0 aliphatic rings. The minimum atomic E-state index is -1.03. The Morgan fingerprint density at radius 2 is 1.70 bits per heavy atom. The van der Waals surface area contributed by atoms with Gasteiger partial charge in [0.1, 0.15) is 0 Å². The van der Waals surface area contributed by atoms with Gasteiger partial charge in [0, 0.05) is 17.1 Å². The zero-order valence-electron chi connectivity index (χ0n) is 14.4. The van der Waals surface area contributed by atoms with Crippen molar-refractivity contribution in [3.8, 4) is 5.69 Å². The number of nitrogens with one attached hydrogen (secondary N) is 1. The van der Waals surface area contributed by atoms with Gasteiger partial charge in [-0.15, -0.1) is 0 Å². The van der Waals surface area contributed by atoms with Crippen LogP contribution in [0.3, 0.4) is 0 Å². The summed E-state index contributed by atoms with van der Waals surface area (Å²) >= 11 is 0. The number of anilines is 1. The normalized spacial score (nSPS) is 10.9. The van der Waals surface area contributed by atoms with Crippen molar-refractivity contribution in [2.75, 3.05) is 5.32 Å². The third-order valence-electron chi connectivity index (χ3n) is 4.26. The summed E-state index contributed by atoms with van der Waals surface area (Å²) in [5.74, 6) is -2.49. The number of para-hydroxylation sites is 1. The Labute approximate surface area is 154 Å². The van der Waals surface area contributed by atoms with Crippen molar-refractivity contribution in [1.29, 1.82) is 0 Å². The Hall–Kier alpha value is -3.54. The molecule has 0 saturated carbocycles. The number of fused-ring (bicyclic) bond motifs is 1. The minimum absolute atomic E-state index is 0.160. The summed E-state index contributed by atoms with van der Waals surface area (Å²) in [7, 11) is 0. The molecule has 4 aromatic rings. The number of carbonyl (C=O) groups is 1. The van der Waals surface area contributed by atoms with Crippen LogP contribution in [0.15, 0.2) is 66.7 Å². The molecule has 3 aromatic carbocycles. The molecule has 1 heterocycles. The Morgan fingerprint density at radius 1 is 0.963 bits per heavy atom. The minimum Gasteiger partial charge on any atom is -0.320 e. The molecule has 0 saturated heterocycles. The highest BCUT2D eigenvalue weighted by atomic mass is 19.2. The van der Waals surface area contributed by atoms with Crippen LogP contribution >= 0.6 is 0 Å². The quantitative estimate of drug-likeness (QED) is 0.565. The zero-order valence-corrected chi connectivity index (χ0v) is 14.4. The van der Waals surface area contributed by atoms with Crippen molar-refractivity contribution in [3.63, 3.8) is 0 Å². The number of nitrogens with zero attached hydrogens (tertiary/aromatic N) is 2. The van der Waals surface area contributed by atoms with Crippen LogP contribution in [0.1, 0.15) is 16.1 Å². The average Bonchev–Trinajstić information content (AvgIpc) is 3.05. The van der Waals surface area contributed by atoms with Crippen molar-refractivity contribution in [1.82, 2.24) is 9.78 Å². The van der Waals surface area contributed by atoms with E-state index in [1.165, 1.54) is 6.07 Å². The van der Waals surface area contributed by atoms with Crippen molar-refractivity contribution < 1.29 is 13.6 Å². The second kappa shape index (κ2) is 6.64. The molecule has 0 aliphatic heterocycles. The van der Waals surface area contributed by atoms with E-state index in [0.717, 1.165) is 28.9 Å². The summed E-state index contributed by atoms with van der Waals surface area (Å²) in [4.78, 5) is 12.7. The second-order valence-electron chi connectivity index (χ2n) is 6.20. The van der Waals surface area contributed by atoms with Gasteiger partial charge in [0.2, 0.25) is 0 Å². The second-order valence-corrected chi connectivity index (χ2v) is 6.20. The topological polar surface area (TPSA) is 46.9 Å². The fourth-order valence-corrected chi connectivity index (χ4v) is 2.88. The lowest BCUT2D eigenvalue weighted by Crippen LogP contribution is -2.13. The lowest BCUT2D eigenvalue weighted by atomic mass is 10.2. The first-order valence-corrected chi connectivity index (χ1v) is 8.34. The van der Waals surface area contributed by atoms with Crippen molar-refractivity contribution >= 4 is 22.5 Å². The van der Waals surface area contributed by atoms with Gasteiger partial charge in [0.25, 0.3) is 5.91 Å². The Kier molecular flexibility index (Phi) is 4.16. The molecule has 0 fully saturated rings. The highest BCUT2D eigenvalue weighted by Gasteiger charge is 2.18. The fourth-order valence-electron chi connectivity index (χ4n) is 2.88. The van der Waals surface area contributed by atoms with E-state index in [4.69, 9.17) is 0 Å². The first kappa shape index (κ1) is 16.9. The molecule has 27 heavy (non-hydrogen) atoms. The van der Waals surface area contributed by atoms with Gasteiger partial charge in [0.15, 0.2) is 17.3 Å². The first-order valence-electron chi connectivity index (χ1n) is 8.34. The van der Waals surface area contributed by atoms with Gasteiger partial charge in [0.05, 0.1) is 11.2 Å². The third kappa shape index (κ3) is 3.17. The Bertz CT molecular complexity index is 1150. The summed E-state index contributed by atoms with van der Waals surface area (Å²) in [6.45, 7) is 1.99. The van der Waals surface area contributed by atoms with E-state index >= 15 is 0 Å². The number of hydrogen-bond donors (Lipinski definition) is 1. The molecule has 6 heteroatoms. The fraction of sp³-hybridized carbons (Fsp3) is 0.0476. The predicted octanol–water partition coefficient (Wildman–Crippen LogP) is 4.86. The van der Waals surface area contributed by atoms with E-state index < -0.39 is 17.5 Å². The highest BCUT2D eigenvalue weighted by Crippen LogP contribution is 2.23. The molecule has 0 unspecified atom stereocenters. The third-order valence-corrected chi connectivity index (χ3v) is 4.26. The summed E-state index contributed by atoms with van der Waals surface area (Å²) in [5.41, 5.74) is 3.08. The summed E-state index contributed by atoms with van der Waals surface area (Å²) in [6, 6.07) is 18.3. The number of hydrogen-bond acceptors (Lipinski definition) is 2. The SMILES string of the molecule is Cc1ccc(-n2nc(C(=O)Nc3ccc(F)c(F)c3)c3ccccc32)cc1. The maximum Gasteiger partial charge on any atom is 0.276 e. The summed E-state index contributed by atoms with van der Waals surface area (Å²) in [6.07, 6.45) is 0. The van der Waals surface area contributed by atoms with E-state index in [2.05, 4.69) is 10.4 Å². The molecule has 0 atom stereocenters. The molecule has 4 rings (SSSR count). The van der Waals surface area contributed by atoms with Gasteiger partial charge in [-0.3, -0.25) is 4.79 Å². The van der Waals surface area contributed by atoms with Gasteiger partial charge in [-0.05, 0) is 37.3 Å². The molecule has 134 valence electrons. The highest BCUT2D eigenvalue weighted by molar-refractivity contribution is 6.11. The van der Waals surface area contributed by atoms with Gasteiger partial charge in [-0.2, -0.15) is 5.10 Å². The van der Waals surface area contributed by atoms with Crippen LogP contribution in [0.5, 0.6) is 0 Å². The molecule has 1 aromatic heterocycles. The lowest BCUT2D eigenvalue weighted by molar-refractivity contribution is 0.102. The van der Waals surface area contributed by atoms with Gasteiger partial charge >= 0.3 is 0 Å². The van der Waals surface area contributed by atoms with Crippen LogP contribution in [0, 0.1) is 18.6 Å². The number of benzene rings is 3. The average molecular weight is 363 g/mol. The van der Waals surface area contributed by atoms with Crippen LogP contribution in [-0.4, -0.2) is 15.7 Å². The largest absolute Gasteiger partial charge is 0.320 e. The predicted molar refractivity (Wildman–Crippen MR) is 100 cm³/mol. The van der Waals surface area contributed by atoms with Crippen molar-refractivity contribution in [2.45, 2.75) is 6.92 Å². The van der Waals surface area contributed by atoms with Crippen LogP contribution in [-0.2, 0) is 0 Å². The van der Waals surface area contributed by atoms with Gasteiger partial charge in [-0.25, -0.2) is 13.5 Å². The Balaban J connectivity index is 1.76. The molecule has 1 amide bonds.